The number of hydrogen-bond donors (Lipinski definition) is 1. The molecular weight excluding hydrogens is 262 g/mol. The maximum atomic E-state index is 12.6. The lowest BCUT2D eigenvalue weighted by Crippen LogP contribution is -2.29. The van der Waals surface area contributed by atoms with Gasteiger partial charge < -0.3 is 10.6 Å². The Bertz CT molecular complexity index is 743. The lowest BCUT2D eigenvalue weighted by atomic mass is 10.1. The molecule has 2 aromatic rings. The number of hydrogen-bond acceptors (Lipinski definition) is 3. The summed E-state index contributed by atoms with van der Waals surface area (Å²) in [6.45, 7) is 0.995. The SMILES string of the molecule is NCC#Cc1cncc(C(=O)N2CCc3ccccc32)c1. The van der Waals surface area contributed by atoms with Crippen LogP contribution in [-0.2, 0) is 6.42 Å². The first-order chi connectivity index (χ1) is 10.3. The van der Waals surface area contributed by atoms with Gasteiger partial charge in [-0.05, 0) is 24.1 Å². The zero-order valence-corrected chi connectivity index (χ0v) is 11.5. The van der Waals surface area contributed by atoms with Gasteiger partial charge in [0, 0.05) is 30.2 Å². The van der Waals surface area contributed by atoms with Gasteiger partial charge in [-0.2, -0.15) is 0 Å². The summed E-state index contributed by atoms with van der Waals surface area (Å²) in [6.07, 6.45) is 4.11. The number of pyridine rings is 1. The van der Waals surface area contributed by atoms with Gasteiger partial charge in [-0.15, -0.1) is 0 Å². The molecule has 0 saturated heterocycles. The molecule has 0 unspecified atom stereocenters. The molecule has 0 spiro atoms. The number of amides is 1. The first-order valence-corrected chi connectivity index (χ1v) is 6.83. The Labute approximate surface area is 123 Å². The number of carbonyl (C=O) groups excluding carboxylic acids is 1. The molecule has 3 rings (SSSR count). The van der Waals surface area contributed by atoms with E-state index in [1.807, 2.05) is 18.2 Å². The lowest BCUT2D eigenvalue weighted by Gasteiger charge is -2.17. The Balaban J connectivity index is 1.90. The Kier molecular flexibility index (Phi) is 3.67. The first kappa shape index (κ1) is 13.3. The maximum absolute atomic E-state index is 12.6. The first-order valence-electron chi connectivity index (χ1n) is 6.83. The molecule has 2 N–H and O–H groups in total. The van der Waals surface area contributed by atoms with E-state index in [0.29, 0.717) is 17.7 Å². The van der Waals surface area contributed by atoms with Crippen LogP contribution in [0.4, 0.5) is 5.69 Å². The van der Waals surface area contributed by atoms with E-state index in [1.54, 1.807) is 23.4 Å². The summed E-state index contributed by atoms with van der Waals surface area (Å²) in [5, 5.41) is 0. The average Bonchev–Trinajstić information content (AvgIpc) is 2.96. The quantitative estimate of drug-likeness (QED) is 0.805. The molecule has 4 nitrogen and oxygen atoms in total. The van der Waals surface area contributed by atoms with Crippen LogP contribution < -0.4 is 10.6 Å². The Morgan fingerprint density at radius 3 is 3.05 bits per heavy atom. The second-order valence-corrected chi connectivity index (χ2v) is 4.80. The number of rotatable bonds is 1. The summed E-state index contributed by atoms with van der Waals surface area (Å²) in [7, 11) is 0. The van der Waals surface area contributed by atoms with Crippen LogP contribution in [0, 0.1) is 11.8 Å². The second kappa shape index (κ2) is 5.78. The van der Waals surface area contributed by atoms with Crippen LogP contribution in [0.3, 0.4) is 0 Å². The van der Waals surface area contributed by atoms with E-state index in [9.17, 15) is 4.79 Å². The topological polar surface area (TPSA) is 59.2 Å². The number of nitrogens with two attached hydrogens (primary N) is 1. The third-order valence-corrected chi connectivity index (χ3v) is 3.45. The van der Waals surface area contributed by atoms with Crippen molar-refractivity contribution in [2.45, 2.75) is 6.42 Å². The van der Waals surface area contributed by atoms with E-state index in [2.05, 4.69) is 22.9 Å². The van der Waals surface area contributed by atoms with Crippen LogP contribution in [0.15, 0.2) is 42.7 Å². The zero-order chi connectivity index (χ0) is 14.7. The van der Waals surface area contributed by atoms with E-state index in [1.165, 1.54) is 5.56 Å². The van der Waals surface area contributed by atoms with E-state index < -0.39 is 0 Å². The van der Waals surface area contributed by atoms with Gasteiger partial charge in [0.1, 0.15) is 0 Å². The van der Waals surface area contributed by atoms with Crippen LogP contribution >= 0.6 is 0 Å². The van der Waals surface area contributed by atoms with Gasteiger partial charge in [-0.25, -0.2) is 0 Å². The molecule has 1 aliphatic rings. The van der Waals surface area contributed by atoms with Crippen molar-refractivity contribution < 1.29 is 4.79 Å². The van der Waals surface area contributed by atoms with Crippen molar-refractivity contribution in [2.24, 2.45) is 5.73 Å². The molecule has 4 heteroatoms. The molecule has 1 aliphatic heterocycles. The van der Waals surface area contributed by atoms with E-state index in [-0.39, 0.29) is 12.5 Å². The third-order valence-electron chi connectivity index (χ3n) is 3.45. The predicted molar refractivity (Wildman–Crippen MR) is 82.0 cm³/mol. The van der Waals surface area contributed by atoms with Gasteiger partial charge in [0.25, 0.3) is 5.91 Å². The van der Waals surface area contributed by atoms with Crippen LogP contribution in [0.5, 0.6) is 0 Å². The van der Waals surface area contributed by atoms with Crippen molar-refractivity contribution in [3.8, 4) is 11.8 Å². The van der Waals surface area contributed by atoms with Gasteiger partial charge in [-0.1, -0.05) is 30.0 Å². The third kappa shape index (κ3) is 2.64. The Hall–Kier alpha value is -2.64. The zero-order valence-electron chi connectivity index (χ0n) is 11.5. The Morgan fingerprint density at radius 2 is 2.19 bits per heavy atom. The highest BCUT2D eigenvalue weighted by atomic mass is 16.2. The van der Waals surface area contributed by atoms with Gasteiger partial charge in [0.2, 0.25) is 0 Å². The van der Waals surface area contributed by atoms with E-state index >= 15 is 0 Å². The highest BCUT2D eigenvalue weighted by molar-refractivity contribution is 6.07. The van der Waals surface area contributed by atoms with Crippen molar-refractivity contribution in [1.29, 1.82) is 0 Å². The number of anilines is 1. The van der Waals surface area contributed by atoms with Crippen LogP contribution in [0.2, 0.25) is 0 Å². The molecule has 0 fully saturated rings. The molecule has 0 saturated carbocycles. The molecule has 1 amide bonds. The number of nitrogens with zero attached hydrogens (tertiary/aromatic N) is 2. The second-order valence-electron chi connectivity index (χ2n) is 4.80. The molecular formula is C17H15N3O. The number of benzene rings is 1. The standard InChI is InChI=1S/C17H15N3O/c18-8-3-4-13-10-15(12-19-11-13)17(21)20-9-7-14-5-1-2-6-16(14)20/h1-2,5-6,10-12H,7-9,18H2. The molecule has 104 valence electrons. The van der Waals surface area contributed by atoms with Crippen molar-refractivity contribution >= 4 is 11.6 Å². The summed E-state index contributed by atoms with van der Waals surface area (Å²) in [5.74, 6) is 5.63. The molecule has 0 radical (unpaired) electrons. The predicted octanol–water partition coefficient (Wildman–Crippen LogP) is 1.59. The van der Waals surface area contributed by atoms with Crippen molar-refractivity contribution in [1.82, 2.24) is 4.98 Å². The molecule has 2 heterocycles. The molecule has 1 aromatic carbocycles. The van der Waals surface area contributed by atoms with Gasteiger partial charge in [-0.3, -0.25) is 9.78 Å². The summed E-state index contributed by atoms with van der Waals surface area (Å²) >= 11 is 0. The summed E-state index contributed by atoms with van der Waals surface area (Å²) in [4.78, 5) is 18.5. The fourth-order valence-corrected chi connectivity index (χ4v) is 2.48. The van der Waals surface area contributed by atoms with Gasteiger partial charge in [0.05, 0.1) is 12.1 Å². The Morgan fingerprint density at radius 1 is 1.33 bits per heavy atom. The van der Waals surface area contributed by atoms with Gasteiger partial charge >= 0.3 is 0 Å². The monoisotopic (exact) mass is 277 g/mol. The number of aromatic nitrogens is 1. The minimum Gasteiger partial charge on any atom is -0.320 e. The summed E-state index contributed by atoms with van der Waals surface area (Å²) < 4.78 is 0. The average molecular weight is 277 g/mol. The fraction of sp³-hybridized carbons (Fsp3) is 0.176. The molecule has 0 atom stereocenters. The minimum absolute atomic E-state index is 0.0381. The minimum atomic E-state index is -0.0381. The molecule has 0 bridgehead atoms. The van der Waals surface area contributed by atoms with Crippen molar-refractivity contribution in [3.63, 3.8) is 0 Å². The largest absolute Gasteiger partial charge is 0.320 e. The van der Waals surface area contributed by atoms with E-state index in [0.717, 1.165) is 12.1 Å². The summed E-state index contributed by atoms with van der Waals surface area (Å²) in [6, 6.07) is 9.75. The lowest BCUT2D eigenvalue weighted by molar-refractivity contribution is 0.0989. The normalized spacial score (nSPS) is 12.5. The van der Waals surface area contributed by atoms with Crippen molar-refractivity contribution in [3.05, 3.63) is 59.4 Å². The van der Waals surface area contributed by atoms with Crippen LogP contribution in [0.25, 0.3) is 0 Å². The van der Waals surface area contributed by atoms with Crippen molar-refractivity contribution in [2.75, 3.05) is 18.0 Å². The maximum Gasteiger partial charge on any atom is 0.259 e. The molecule has 0 aliphatic carbocycles. The van der Waals surface area contributed by atoms with Gasteiger partial charge in [0.15, 0.2) is 0 Å². The fourth-order valence-electron chi connectivity index (χ4n) is 2.48. The number of fused-ring (bicyclic) bond motifs is 1. The highest BCUT2D eigenvalue weighted by Crippen LogP contribution is 2.28. The van der Waals surface area contributed by atoms with Crippen LogP contribution in [-0.4, -0.2) is 24.0 Å². The highest BCUT2D eigenvalue weighted by Gasteiger charge is 2.25. The molecule has 21 heavy (non-hydrogen) atoms. The van der Waals surface area contributed by atoms with E-state index in [4.69, 9.17) is 5.73 Å². The summed E-state index contributed by atoms with van der Waals surface area (Å²) in [5.41, 5.74) is 8.81. The smallest absolute Gasteiger partial charge is 0.259 e. The number of para-hydroxylation sites is 1. The number of carbonyl (C=O) groups is 1. The van der Waals surface area contributed by atoms with Crippen LogP contribution in [0.1, 0.15) is 21.5 Å². The molecule has 1 aromatic heterocycles.